The lowest BCUT2D eigenvalue weighted by Crippen LogP contribution is -2.50. The van der Waals surface area contributed by atoms with Gasteiger partial charge in [0.05, 0.1) is 15.3 Å². The number of likely N-dealkylation sites (tertiary alicyclic amines) is 1. The molecule has 4 nitrogen and oxygen atoms in total. The lowest BCUT2D eigenvalue weighted by Gasteiger charge is -2.40. The molecule has 1 fully saturated rings. The van der Waals surface area contributed by atoms with E-state index in [0.29, 0.717) is 23.6 Å². The lowest BCUT2D eigenvalue weighted by atomic mass is 9.95. The molecule has 1 aliphatic heterocycles. The maximum atomic E-state index is 12.4. The number of para-hydroxylation sites is 1. The van der Waals surface area contributed by atoms with Crippen LogP contribution in [-0.2, 0) is 0 Å². The molecule has 0 radical (unpaired) electrons. The normalized spacial score (nSPS) is 17.8. The van der Waals surface area contributed by atoms with E-state index in [2.05, 4.69) is 0 Å². The third kappa shape index (κ3) is 2.76. The standard InChI is InChI=1S/C14H18N2O2S2/c1-20-14(13(15)19)6-8-16(9-7-14)12(18)10-4-2-3-5-11(10)17/h2-5,17H,6-9H2,1H3,(H2,15,19). The van der Waals surface area contributed by atoms with Crippen LogP contribution in [0, 0.1) is 0 Å². The molecule has 0 spiro atoms. The molecule has 1 amide bonds. The molecular formula is C14H18N2O2S2. The van der Waals surface area contributed by atoms with Gasteiger partial charge in [-0.3, -0.25) is 4.79 Å². The first kappa shape index (κ1) is 15.1. The number of piperidine rings is 1. The summed E-state index contributed by atoms with van der Waals surface area (Å²) in [6.07, 6.45) is 3.51. The topological polar surface area (TPSA) is 66.6 Å². The van der Waals surface area contributed by atoms with E-state index < -0.39 is 0 Å². The minimum atomic E-state index is -0.204. The Morgan fingerprint density at radius 3 is 2.50 bits per heavy atom. The molecule has 0 atom stereocenters. The number of phenolic OH excluding ortho intramolecular Hbond substituents is 1. The highest BCUT2D eigenvalue weighted by atomic mass is 32.2. The van der Waals surface area contributed by atoms with E-state index in [-0.39, 0.29) is 16.4 Å². The molecule has 1 aliphatic rings. The molecule has 1 heterocycles. The van der Waals surface area contributed by atoms with Crippen molar-refractivity contribution in [3.63, 3.8) is 0 Å². The summed E-state index contributed by atoms with van der Waals surface area (Å²) in [5.74, 6) is -0.116. The second-order valence-electron chi connectivity index (χ2n) is 4.87. The molecule has 0 aromatic heterocycles. The van der Waals surface area contributed by atoms with Gasteiger partial charge in [-0.05, 0) is 31.2 Å². The second kappa shape index (κ2) is 6.01. The van der Waals surface area contributed by atoms with Gasteiger partial charge in [0.2, 0.25) is 0 Å². The van der Waals surface area contributed by atoms with Crippen molar-refractivity contribution in [2.45, 2.75) is 17.6 Å². The summed E-state index contributed by atoms with van der Waals surface area (Å²) >= 11 is 6.82. The van der Waals surface area contributed by atoms with E-state index in [1.165, 1.54) is 6.07 Å². The van der Waals surface area contributed by atoms with Crippen LogP contribution >= 0.6 is 24.0 Å². The number of carbonyl (C=O) groups excluding carboxylic acids is 1. The third-order valence-electron chi connectivity index (χ3n) is 3.83. The lowest BCUT2D eigenvalue weighted by molar-refractivity contribution is 0.0716. The number of rotatable bonds is 3. The quantitative estimate of drug-likeness (QED) is 0.836. The summed E-state index contributed by atoms with van der Waals surface area (Å²) in [6, 6.07) is 6.62. The summed E-state index contributed by atoms with van der Waals surface area (Å²) in [4.78, 5) is 14.7. The smallest absolute Gasteiger partial charge is 0.257 e. The van der Waals surface area contributed by atoms with Crippen molar-refractivity contribution in [1.29, 1.82) is 0 Å². The largest absolute Gasteiger partial charge is 0.507 e. The molecule has 2 rings (SSSR count). The molecule has 3 N–H and O–H groups in total. The van der Waals surface area contributed by atoms with Gasteiger partial charge >= 0.3 is 0 Å². The van der Waals surface area contributed by atoms with Crippen LogP contribution in [-0.4, -0.2) is 45.0 Å². The van der Waals surface area contributed by atoms with Crippen LogP contribution in [0.2, 0.25) is 0 Å². The Balaban J connectivity index is 2.10. The number of phenols is 1. The highest BCUT2D eigenvalue weighted by Gasteiger charge is 2.38. The zero-order valence-electron chi connectivity index (χ0n) is 11.3. The maximum Gasteiger partial charge on any atom is 0.257 e. The number of carbonyl (C=O) groups is 1. The van der Waals surface area contributed by atoms with Crippen molar-refractivity contribution in [3.8, 4) is 5.75 Å². The second-order valence-corrected chi connectivity index (χ2v) is 6.50. The van der Waals surface area contributed by atoms with Crippen molar-refractivity contribution in [2.24, 2.45) is 5.73 Å². The minimum Gasteiger partial charge on any atom is -0.507 e. The Kier molecular flexibility index (Phi) is 4.55. The first-order chi connectivity index (χ1) is 9.50. The van der Waals surface area contributed by atoms with Crippen molar-refractivity contribution < 1.29 is 9.90 Å². The molecule has 1 aromatic carbocycles. The molecule has 108 valence electrons. The number of thioether (sulfide) groups is 1. The van der Waals surface area contributed by atoms with Gasteiger partial charge in [0.25, 0.3) is 5.91 Å². The Labute approximate surface area is 128 Å². The number of thiocarbonyl (C=S) groups is 1. The summed E-state index contributed by atoms with van der Waals surface area (Å²) in [5, 5.41) is 9.76. The van der Waals surface area contributed by atoms with Crippen LogP contribution in [0.5, 0.6) is 5.75 Å². The monoisotopic (exact) mass is 310 g/mol. The van der Waals surface area contributed by atoms with Gasteiger partial charge in [-0.25, -0.2) is 0 Å². The first-order valence-electron chi connectivity index (χ1n) is 6.42. The summed E-state index contributed by atoms with van der Waals surface area (Å²) in [5.41, 5.74) is 6.18. The van der Waals surface area contributed by atoms with E-state index >= 15 is 0 Å². The zero-order chi connectivity index (χ0) is 14.8. The zero-order valence-corrected chi connectivity index (χ0v) is 13.0. The SMILES string of the molecule is CSC1(C(N)=S)CCN(C(=O)c2ccccc2O)CC1. The molecule has 1 aromatic rings. The molecule has 0 unspecified atom stereocenters. The minimum absolute atomic E-state index is 0.0218. The molecule has 0 bridgehead atoms. The van der Waals surface area contributed by atoms with Crippen LogP contribution in [0.3, 0.4) is 0 Å². The molecule has 0 saturated carbocycles. The molecular weight excluding hydrogens is 292 g/mol. The van der Waals surface area contributed by atoms with E-state index in [1.54, 1.807) is 34.9 Å². The van der Waals surface area contributed by atoms with Gasteiger partial charge in [0.1, 0.15) is 5.75 Å². The number of nitrogens with zero attached hydrogens (tertiary/aromatic N) is 1. The van der Waals surface area contributed by atoms with E-state index in [9.17, 15) is 9.90 Å². The average molecular weight is 310 g/mol. The van der Waals surface area contributed by atoms with Crippen molar-refractivity contribution >= 4 is 34.9 Å². The van der Waals surface area contributed by atoms with Crippen LogP contribution in [0.1, 0.15) is 23.2 Å². The first-order valence-corrected chi connectivity index (χ1v) is 8.06. The Hall–Kier alpha value is -1.27. The predicted molar refractivity (Wildman–Crippen MR) is 86.3 cm³/mol. The predicted octanol–water partition coefficient (Wildman–Crippen LogP) is 2.02. The third-order valence-corrected chi connectivity index (χ3v) is 5.76. The van der Waals surface area contributed by atoms with Gasteiger partial charge in [-0.15, -0.1) is 0 Å². The van der Waals surface area contributed by atoms with E-state index in [4.69, 9.17) is 18.0 Å². The van der Waals surface area contributed by atoms with Crippen molar-refractivity contribution in [1.82, 2.24) is 4.90 Å². The average Bonchev–Trinajstić information content (AvgIpc) is 2.47. The van der Waals surface area contributed by atoms with Gasteiger partial charge in [0.15, 0.2) is 0 Å². The summed E-state index contributed by atoms with van der Waals surface area (Å²) < 4.78 is -0.204. The number of aromatic hydroxyl groups is 1. The number of benzene rings is 1. The fraction of sp³-hybridized carbons (Fsp3) is 0.429. The Morgan fingerprint density at radius 1 is 1.40 bits per heavy atom. The highest BCUT2D eigenvalue weighted by molar-refractivity contribution is 8.02. The fourth-order valence-corrected chi connectivity index (χ4v) is 3.69. The molecule has 20 heavy (non-hydrogen) atoms. The van der Waals surface area contributed by atoms with Crippen LogP contribution in [0.15, 0.2) is 24.3 Å². The van der Waals surface area contributed by atoms with Gasteiger partial charge in [-0.1, -0.05) is 24.4 Å². The number of amides is 1. The number of nitrogens with two attached hydrogens (primary N) is 1. The maximum absolute atomic E-state index is 12.4. The fourth-order valence-electron chi connectivity index (χ4n) is 2.45. The van der Waals surface area contributed by atoms with Crippen LogP contribution in [0.25, 0.3) is 0 Å². The van der Waals surface area contributed by atoms with Crippen LogP contribution in [0.4, 0.5) is 0 Å². The van der Waals surface area contributed by atoms with Gasteiger partial charge < -0.3 is 15.7 Å². The van der Waals surface area contributed by atoms with Gasteiger partial charge in [0, 0.05) is 13.1 Å². The molecule has 6 heteroatoms. The van der Waals surface area contributed by atoms with E-state index in [0.717, 1.165) is 12.8 Å². The summed E-state index contributed by atoms with van der Waals surface area (Å²) in [7, 11) is 0. The highest BCUT2D eigenvalue weighted by Crippen LogP contribution is 2.35. The Bertz CT molecular complexity index is 526. The Morgan fingerprint density at radius 2 is 2.00 bits per heavy atom. The van der Waals surface area contributed by atoms with Crippen LogP contribution < -0.4 is 5.73 Å². The summed E-state index contributed by atoms with van der Waals surface area (Å²) in [6.45, 7) is 1.21. The van der Waals surface area contributed by atoms with E-state index in [1.807, 2.05) is 6.26 Å². The molecule has 1 saturated heterocycles. The van der Waals surface area contributed by atoms with Crippen molar-refractivity contribution in [3.05, 3.63) is 29.8 Å². The number of hydrogen-bond acceptors (Lipinski definition) is 4. The van der Waals surface area contributed by atoms with Crippen molar-refractivity contribution in [2.75, 3.05) is 19.3 Å². The number of hydrogen-bond donors (Lipinski definition) is 2. The molecule has 0 aliphatic carbocycles. The van der Waals surface area contributed by atoms with Gasteiger partial charge in [-0.2, -0.15) is 11.8 Å².